The van der Waals surface area contributed by atoms with Gasteiger partial charge >= 0.3 is 0 Å². The Hall–Kier alpha value is -3.40. The van der Waals surface area contributed by atoms with E-state index in [4.69, 9.17) is 11.6 Å². The number of carbonyl (C=O) groups excluding carboxylic acids is 1. The first-order valence-electron chi connectivity index (χ1n) is 9.11. The summed E-state index contributed by atoms with van der Waals surface area (Å²) in [5, 5.41) is 8.38. The maximum Gasteiger partial charge on any atom is 0.280 e. The van der Waals surface area contributed by atoms with Gasteiger partial charge in [-0.2, -0.15) is 10.2 Å². The highest BCUT2D eigenvalue weighted by molar-refractivity contribution is 6.31. The van der Waals surface area contributed by atoms with E-state index >= 15 is 0 Å². The molecule has 0 unspecified atom stereocenters. The summed E-state index contributed by atoms with van der Waals surface area (Å²) in [6.07, 6.45) is -0.194. The SMILES string of the molecule is CN(Cc1c(Cl)cnn1C)C(=O)c1cnn2c(C(F)F)cc(-c3ccc(F)cc3)nc12. The maximum absolute atomic E-state index is 13.7. The Morgan fingerprint density at radius 2 is 1.90 bits per heavy atom. The van der Waals surface area contributed by atoms with Gasteiger partial charge < -0.3 is 4.90 Å². The van der Waals surface area contributed by atoms with Crippen LogP contribution in [0.4, 0.5) is 13.2 Å². The van der Waals surface area contributed by atoms with E-state index in [1.165, 1.54) is 47.6 Å². The molecule has 0 aliphatic rings. The van der Waals surface area contributed by atoms with Gasteiger partial charge in [-0.05, 0) is 30.3 Å². The molecule has 11 heteroatoms. The van der Waals surface area contributed by atoms with Gasteiger partial charge in [-0.1, -0.05) is 11.6 Å². The van der Waals surface area contributed by atoms with Crippen molar-refractivity contribution in [3.05, 3.63) is 70.5 Å². The Morgan fingerprint density at radius 1 is 1.19 bits per heavy atom. The Labute approximate surface area is 179 Å². The fourth-order valence-corrected chi connectivity index (χ4v) is 3.40. The van der Waals surface area contributed by atoms with E-state index in [2.05, 4.69) is 15.2 Å². The largest absolute Gasteiger partial charge is 0.336 e. The third kappa shape index (κ3) is 3.86. The normalized spacial score (nSPS) is 11.5. The van der Waals surface area contributed by atoms with Crippen LogP contribution in [0.2, 0.25) is 5.02 Å². The van der Waals surface area contributed by atoms with E-state index in [0.29, 0.717) is 16.3 Å². The van der Waals surface area contributed by atoms with Crippen molar-refractivity contribution in [3.8, 4) is 11.3 Å². The second-order valence-electron chi connectivity index (χ2n) is 6.89. The molecule has 0 bridgehead atoms. The molecule has 0 N–H and O–H groups in total. The topological polar surface area (TPSA) is 68.3 Å². The Balaban J connectivity index is 1.77. The average molecular weight is 449 g/mol. The Kier molecular flexibility index (Phi) is 5.40. The molecule has 1 aromatic carbocycles. The molecule has 7 nitrogen and oxygen atoms in total. The summed E-state index contributed by atoms with van der Waals surface area (Å²) in [5.41, 5.74) is 0.815. The van der Waals surface area contributed by atoms with Crippen molar-refractivity contribution < 1.29 is 18.0 Å². The molecule has 0 saturated heterocycles. The standard InChI is InChI=1S/C20H16ClF3N6O/c1-28(10-17-14(21)9-25-29(17)2)20(31)13-8-26-30-16(18(23)24)7-15(27-19(13)30)11-3-5-12(22)6-4-11/h3-9,18H,10H2,1-2H3. The minimum Gasteiger partial charge on any atom is -0.336 e. The number of hydrogen-bond donors (Lipinski definition) is 0. The molecule has 0 aliphatic heterocycles. The van der Waals surface area contributed by atoms with Crippen LogP contribution < -0.4 is 0 Å². The molecule has 0 fully saturated rings. The number of nitrogens with zero attached hydrogens (tertiary/aromatic N) is 6. The van der Waals surface area contributed by atoms with Crippen LogP contribution in [0.15, 0.2) is 42.7 Å². The fraction of sp³-hybridized carbons (Fsp3) is 0.200. The average Bonchev–Trinajstić information content (AvgIpc) is 3.31. The van der Waals surface area contributed by atoms with Crippen LogP contribution in [0.1, 0.15) is 28.2 Å². The Morgan fingerprint density at radius 3 is 2.52 bits per heavy atom. The number of amides is 1. The molecule has 160 valence electrons. The predicted octanol–water partition coefficient (Wildman–Crippen LogP) is 4.13. The van der Waals surface area contributed by atoms with Gasteiger partial charge in [0.2, 0.25) is 0 Å². The van der Waals surface area contributed by atoms with Crippen molar-refractivity contribution in [2.24, 2.45) is 7.05 Å². The molecule has 3 aromatic heterocycles. The van der Waals surface area contributed by atoms with Crippen LogP contribution in [-0.4, -0.2) is 42.2 Å². The highest BCUT2D eigenvalue weighted by Gasteiger charge is 2.24. The first kappa shape index (κ1) is 20.9. The van der Waals surface area contributed by atoms with Gasteiger partial charge in [-0.15, -0.1) is 0 Å². The second-order valence-corrected chi connectivity index (χ2v) is 7.30. The minimum atomic E-state index is -2.86. The molecule has 0 radical (unpaired) electrons. The number of benzene rings is 1. The van der Waals surface area contributed by atoms with Gasteiger partial charge in [-0.25, -0.2) is 22.7 Å². The number of carbonyl (C=O) groups is 1. The third-order valence-electron chi connectivity index (χ3n) is 4.84. The van der Waals surface area contributed by atoms with Crippen molar-refractivity contribution in [2.75, 3.05) is 7.05 Å². The van der Waals surface area contributed by atoms with E-state index < -0.39 is 23.8 Å². The summed E-state index contributed by atoms with van der Waals surface area (Å²) < 4.78 is 43.1. The summed E-state index contributed by atoms with van der Waals surface area (Å²) in [6.45, 7) is 0.144. The lowest BCUT2D eigenvalue weighted by Gasteiger charge is -2.17. The van der Waals surface area contributed by atoms with E-state index in [0.717, 1.165) is 4.52 Å². The molecule has 0 aliphatic carbocycles. The van der Waals surface area contributed by atoms with Crippen molar-refractivity contribution in [1.82, 2.24) is 29.3 Å². The first-order valence-corrected chi connectivity index (χ1v) is 9.48. The third-order valence-corrected chi connectivity index (χ3v) is 5.15. The van der Waals surface area contributed by atoms with Gasteiger partial charge in [0.05, 0.1) is 35.3 Å². The molecule has 0 spiro atoms. The second kappa shape index (κ2) is 8.03. The zero-order chi connectivity index (χ0) is 22.3. The number of rotatable bonds is 5. The fourth-order valence-electron chi connectivity index (χ4n) is 3.18. The van der Waals surface area contributed by atoms with E-state index in [9.17, 15) is 18.0 Å². The molecular formula is C20H16ClF3N6O. The highest BCUT2D eigenvalue weighted by Crippen LogP contribution is 2.27. The molecule has 0 atom stereocenters. The van der Waals surface area contributed by atoms with Crippen molar-refractivity contribution in [3.63, 3.8) is 0 Å². The number of fused-ring (bicyclic) bond motifs is 1. The van der Waals surface area contributed by atoms with Gasteiger partial charge in [0.15, 0.2) is 5.65 Å². The van der Waals surface area contributed by atoms with Crippen molar-refractivity contribution in [1.29, 1.82) is 0 Å². The summed E-state index contributed by atoms with van der Waals surface area (Å²) in [5.74, 6) is -0.939. The maximum atomic E-state index is 13.7. The quantitative estimate of drug-likeness (QED) is 0.460. The molecule has 31 heavy (non-hydrogen) atoms. The van der Waals surface area contributed by atoms with Gasteiger partial charge in [0.25, 0.3) is 12.3 Å². The van der Waals surface area contributed by atoms with Crippen LogP contribution in [0.5, 0.6) is 0 Å². The summed E-state index contributed by atoms with van der Waals surface area (Å²) in [6, 6.07) is 6.44. The number of hydrogen-bond acceptors (Lipinski definition) is 4. The number of aromatic nitrogens is 5. The van der Waals surface area contributed by atoms with Crippen LogP contribution in [-0.2, 0) is 13.6 Å². The smallest absolute Gasteiger partial charge is 0.280 e. The monoisotopic (exact) mass is 448 g/mol. The van der Waals surface area contributed by atoms with Crippen LogP contribution in [0.25, 0.3) is 16.9 Å². The van der Waals surface area contributed by atoms with Crippen molar-refractivity contribution in [2.45, 2.75) is 13.0 Å². The van der Waals surface area contributed by atoms with Crippen LogP contribution in [0, 0.1) is 5.82 Å². The van der Waals surface area contributed by atoms with E-state index in [1.54, 1.807) is 18.8 Å². The van der Waals surface area contributed by atoms with Crippen LogP contribution >= 0.6 is 11.6 Å². The Bertz CT molecular complexity index is 1250. The number of alkyl halides is 2. The predicted molar refractivity (Wildman–Crippen MR) is 107 cm³/mol. The van der Waals surface area contributed by atoms with Gasteiger partial charge in [0, 0.05) is 19.7 Å². The van der Waals surface area contributed by atoms with E-state index in [-0.39, 0.29) is 23.4 Å². The van der Waals surface area contributed by atoms with Gasteiger partial charge in [-0.3, -0.25) is 9.48 Å². The molecule has 4 aromatic rings. The molecule has 4 rings (SSSR count). The molecular weight excluding hydrogens is 433 g/mol. The summed E-state index contributed by atoms with van der Waals surface area (Å²) in [7, 11) is 3.24. The minimum absolute atomic E-state index is 0.0231. The number of aryl methyl sites for hydroxylation is 1. The lowest BCUT2D eigenvalue weighted by molar-refractivity contribution is 0.0783. The first-order chi connectivity index (χ1) is 14.8. The van der Waals surface area contributed by atoms with Crippen molar-refractivity contribution >= 4 is 23.2 Å². The van der Waals surface area contributed by atoms with Crippen LogP contribution in [0.3, 0.4) is 0 Å². The lowest BCUT2D eigenvalue weighted by atomic mass is 10.1. The molecule has 1 amide bonds. The molecule has 3 heterocycles. The molecule has 0 saturated carbocycles. The zero-order valence-electron chi connectivity index (χ0n) is 16.4. The van der Waals surface area contributed by atoms with Gasteiger partial charge in [0.1, 0.15) is 17.1 Å². The zero-order valence-corrected chi connectivity index (χ0v) is 17.2. The lowest BCUT2D eigenvalue weighted by Crippen LogP contribution is -2.27. The highest BCUT2D eigenvalue weighted by atomic mass is 35.5. The summed E-state index contributed by atoms with van der Waals surface area (Å²) in [4.78, 5) is 18.8. The number of halogens is 4. The summed E-state index contributed by atoms with van der Waals surface area (Å²) >= 11 is 6.11. The van der Waals surface area contributed by atoms with E-state index in [1.807, 2.05) is 0 Å².